The number of hydrogen-bond donors (Lipinski definition) is 0. The Balaban J connectivity index is 1.31. The maximum absolute atomic E-state index is 6.08. The lowest BCUT2D eigenvalue weighted by Crippen LogP contribution is -2.50. The summed E-state index contributed by atoms with van der Waals surface area (Å²) in [6.45, 7) is 3.89. The van der Waals surface area contributed by atoms with Gasteiger partial charge in [-0.05, 0) is 105 Å². The summed E-state index contributed by atoms with van der Waals surface area (Å²) in [5.41, 5.74) is 0.470. The summed E-state index contributed by atoms with van der Waals surface area (Å²) < 4.78 is 12.2. The highest BCUT2D eigenvalue weighted by Crippen LogP contribution is 2.73. The average molecular weight is 507 g/mol. The van der Waals surface area contributed by atoms with Crippen LogP contribution in [0.4, 0.5) is 0 Å². The molecule has 37 heavy (non-hydrogen) atoms. The Kier molecular flexibility index (Phi) is 6.44. The fourth-order valence-corrected chi connectivity index (χ4v) is 11.0. The van der Waals surface area contributed by atoms with E-state index in [4.69, 9.17) is 8.83 Å². The zero-order chi connectivity index (χ0) is 25.0. The zero-order valence-electron chi connectivity index (χ0n) is 23.0. The first-order chi connectivity index (χ1) is 18.1. The zero-order valence-corrected chi connectivity index (χ0v) is 23.0. The van der Waals surface area contributed by atoms with Crippen molar-refractivity contribution in [3.8, 4) is 0 Å². The van der Waals surface area contributed by atoms with Gasteiger partial charge in [-0.3, -0.25) is 0 Å². The minimum Gasteiger partial charge on any atom is -0.425 e. The standard InChI is InChI=1S/C31H46N4O2/c1-19-32-34-29(36-19)21-13-15-25-26-16-14-22(30-35-33-20(2)37-30)18-28(26)31(27(25)17-21,23-9-5-3-6-10-23)24-11-7-4-8-12-24/h21-28H,3-18H2,1-2H3. The van der Waals surface area contributed by atoms with Gasteiger partial charge in [-0.15, -0.1) is 20.4 Å². The molecular weight excluding hydrogens is 460 g/mol. The van der Waals surface area contributed by atoms with Crippen molar-refractivity contribution in [2.45, 2.75) is 128 Å². The van der Waals surface area contributed by atoms with Gasteiger partial charge in [0, 0.05) is 25.7 Å². The Labute approximate surface area is 222 Å². The first kappa shape index (κ1) is 24.3. The summed E-state index contributed by atoms with van der Waals surface area (Å²) in [6.07, 6.45) is 22.1. The molecule has 7 rings (SSSR count). The summed E-state index contributed by atoms with van der Waals surface area (Å²) >= 11 is 0. The normalized spacial score (nSPS) is 36.8. The van der Waals surface area contributed by atoms with Crippen molar-refractivity contribution < 1.29 is 8.83 Å². The van der Waals surface area contributed by atoms with Crippen LogP contribution in [-0.2, 0) is 0 Å². The Morgan fingerprint density at radius 3 is 1.35 bits per heavy atom. The van der Waals surface area contributed by atoms with Crippen molar-refractivity contribution in [3.63, 3.8) is 0 Å². The van der Waals surface area contributed by atoms with Gasteiger partial charge < -0.3 is 8.83 Å². The molecule has 2 aromatic rings. The van der Waals surface area contributed by atoms with Crippen LogP contribution in [0.3, 0.4) is 0 Å². The highest BCUT2D eigenvalue weighted by molar-refractivity contribution is 5.17. The first-order valence-electron chi connectivity index (χ1n) is 15.7. The second kappa shape index (κ2) is 9.79. The molecule has 6 unspecified atom stereocenters. The molecule has 6 heteroatoms. The smallest absolute Gasteiger partial charge is 0.219 e. The molecule has 5 saturated carbocycles. The van der Waals surface area contributed by atoms with E-state index in [9.17, 15) is 0 Å². The Bertz CT molecular complexity index is 981. The quantitative estimate of drug-likeness (QED) is 0.419. The van der Waals surface area contributed by atoms with Crippen LogP contribution in [0.5, 0.6) is 0 Å². The second-order valence-electron chi connectivity index (χ2n) is 13.5. The highest BCUT2D eigenvalue weighted by Gasteiger charge is 2.66. The van der Waals surface area contributed by atoms with Crippen LogP contribution in [-0.4, -0.2) is 20.4 Å². The van der Waals surface area contributed by atoms with Crippen LogP contribution in [0.15, 0.2) is 8.83 Å². The van der Waals surface area contributed by atoms with Crippen LogP contribution in [0.25, 0.3) is 0 Å². The molecule has 202 valence electrons. The van der Waals surface area contributed by atoms with Gasteiger partial charge in [0.1, 0.15) is 0 Å². The van der Waals surface area contributed by atoms with Gasteiger partial charge in [-0.25, -0.2) is 0 Å². The molecule has 0 aliphatic heterocycles. The number of hydrogen-bond acceptors (Lipinski definition) is 6. The molecule has 0 radical (unpaired) electrons. The third-order valence-electron chi connectivity index (χ3n) is 12.0. The lowest BCUT2D eigenvalue weighted by molar-refractivity contribution is -0.0788. The van der Waals surface area contributed by atoms with Gasteiger partial charge in [-0.2, -0.15) is 0 Å². The Hall–Kier alpha value is -1.72. The number of aromatic nitrogens is 4. The fourth-order valence-electron chi connectivity index (χ4n) is 11.0. The van der Waals surface area contributed by atoms with E-state index in [0.717, 1.165) is 59.1 Å². The number of rotatable bonds is 4. The van der Waals surface area contributed by atoms with Crippen molar-refractivity contribution in [2.24, 2.45) is 40.9 Å². The maximum atomic E-state index is 6.08. The molecule has 0 N–H and O–H groups in total. The lowest BCUT2D eigenvalue weighted by atomic mass is 9.48. The lowest BCUT2D eigenvalue weighted by Gasteiger charge is -2.57. The predicted molar refractivity (Wildman–Crippen MR) is 141 cm³/mol. The monoisotopic (exact) mass is 506 g/mol. The molecule has 0 saturated heterocycles. The van der Waals surface area contributed by atoms with Gasteiger partial charge in [0.25, 0.3) is 0 Å². The van der Waals surface area contributed by atoms with Crippen LogP contribution in [0.2, 0.25) is 0 Å². The predicted octanol–water partition coefficient (Wildman–Crippen LogP) is 7.93. The van der Waals surface area contributed by atoms with Crippen LogP contribution < -0.4 is 0 Å². The largest absolute Gasteiger partial charge is 0.425 e. The summed E-state index contributed by atoms with van der Waals surface area (Å²) in [5, 5.41) is 17.6. The molecule has 6 nitrogen and oxygen atoms in total. The van der Waals surface area contributed by atoms with E-state index in [1.807, 2.05) is 13.8 Å². The van der Waals surface area contributed by atoms with E-state index in [0.29, 0.717) is 17.3 Å². The molecule has 6 atom stereocenters. The Morgan fingerprint density at radius 2 is 0.973 bits per heavy atom. The molecule has 0 amide bonds. The van der Waals surface area contributed by atoms with Crippen molar-refractivity contribution in [1.29, 1.82) is 0 Å². The molecule has 2 aromatic heterocycles. The average Bonchev–Trinajstić information content (AvgIpc) is 3.65. The number of nitrogens with zero attached hydrogens (tertiary/aromatic N) is 4. The summed E-state index contributed by atoms with van der Waals surface area (Å²) in [7, 11) is 0. The van der Waals surface area contributed by atoms with Crippen molar-refractivity contribution in [1.82, 2.24) is 20.4 Å². The fraction of sp³-hybridized carbons (Fsp3) is 0.871. The van der Waals surface area contributed by atoms with E-state index in [1.165, 1.54) is 103 Å². The second-order valence-corrected chi connectivity index (χ2v) is 13.5. The number of fused-ring (bicyclic) bond motifs is 3. The van der Waals surface area contributed by atoms with E-state index < -0.39 is 0 Å². The van der Waals surface area contributed by atoms with Gasteiger partial charge in [-0.1, -0.05) is 38.5 Å². The van der Waals surface area contributed by atoms with Crippen LogP contribution in [0.1, 0.15) is 138 Å². The topological polar surface area (TPSA) is 77.8 Å². The summed E-state index contributed by atoms with van der Waals surface area (Å²) in [4.78, 5) is 0. The highest BCUT2D eigenvalue weighted by atomic mass is 16.4. The Morgan fingerprint density at radius 1 is 0.541 bits per heavy atom. The van der Waals surface area contributed by atoms with Gasteiger partial charge in [0.15, 0.2) is 0 Å². The molecule has 5 aliphatic rings. The van der Waals surface area contributed by atoms with Gasteiger partial charge >= 0.3 is 0 Å². The molecule has 0 bridgehead atoms. The molecule has 5 aliphatic carbocycles. The maximum Gasteiger partial charge on any atom is 0.219 e. The van der Waals surface area contributed by atoms with E-state index in [1.54, 1.807) is 0 Å². The van der Waals surface area contributed by atoms with Crippen molar-refractivity contribution >= 4 is 0 Å². The summed E-state index contributed by atoms with van der Waals surface area (Å²) in [6, 6.07) is 0. The minimum atomic E-state index is 0.448. The third kappa shape index (κ3) is 4.02. The third-order valence-corrected chi connectivity index (χ3v) is 12.0. The molecule has 2 heterocycles. The molecule has 0 aromatic carbocycles. The van der Waals surface area contributed by atoms with Crippen LogP contribution >= 0.6 is 0 Å². The van der Waals surface area contributed by atoms with Crippen molar-refractivity contribution in [3.05, 3.63) is 23.6 Å². The van der Waals surface area contributed by atoms with E-state index in [2.05, 4.69) is 20.4 Å². The first-order valence-corrected chi connectivity index (χ1v) is 15.7. The molecule has 5 fully saturated rings. The van der Waals surface area contributed by atoms with E-state index in [-0.39, 0.29) is 0 Å². The summed E-state index contributed by atoms with van der Waals surface area (Å²) in [5.74, 6) is 9.33. The molecule has 0 spiro atoms. The SMILES string of the molecule is Cc1nnc(C2CCC3C4CCC(c5nnc(C)o5)CC4C(C4CCCCC4)(C4CCCCC4)C3C2)o1. The number of aryl methyl sites for hydroxylation is 2. The van der Waals surface area contributed by atoms with E-state index >= 15 is 0 Å². The minimum absolute atomic E-state index is 0.448. The van der Waals surface area contributed by atoms with Crippen molar-refractivity contribution in [2.75, 3.05) is 0 Å². The van der Waals surface area contributed by atoms with Crippen LogP contribution in [0, 0.1) is 54.8 Å². The van der Waals surface area contributed by atoms with Gasteiger partial charge in [0.2, 0.25) is 23.6 Å². The van der Waals surface area contributed by atoms with Gasteiger partial charge in [0.05, 0.1) is 0 Å². The molecular formula is C31H46N4O2.